The van der Waals surface area contributed by atoms with E-state index < -0.39 is 0 Å². The fourth-order valence-corrected chi connectivity index (χ4v) is 2.05. The minimum absolute atomic E-state index is 0.112. The van der Waals surface area contributed by atoms with Gasteiger partial charge in [0, 0.05) is 18.0 Å². The van der Waals surface area contributed by atoms with Crippen LogP contribution in [0.3, 0.4) is 0 Å². The highest BCUT2D eigenvalue weighted by molar-refractivity contribution is 9.10. The smallest absolute Gasteiger partial charge is 0.166 e. The van der Waals surface area contributed by atoms with Crippen LogP contribution < -0.4 is 5.32 Å². The Hall–Kier alpha value is -1.36. The van der Waals surface area contributed by atoms with Crippen LogP contribution in [-0.2, 0) is 5.41 Å². The van der Waals surface area contributed by atoms with Crippen LogP contribution in [0.25, 0.3) is 11.5 Å². The zero-order valence-electron chi connectivity index (χ0n) is 11.6. The number of nitrogens with one attached hydrogen (secondary N) is 1. The predicted octanol–water partition coefficient (Wildman–Crippen LogP) is 4.23. The summed E-state index contributed by atoms with van der Waals surface area (Å²) in [5.41, 5.74) is 0.673. The van der Waals surface area contributed by atoms with Gasteiger partial charge in [-0.15, -0.1) is 0 Å². The summed E-state index contributed by atoms with van der Waals surface area (Å²) in [7, 11) is 0. The van der Waals surface area contributed by atoms with Gasteiger partial charge in [0.1, 0.15) is 17.3 Å². The molecule has 0 aliphatic heterocycles. The third-order valence-corrected chi connectivity index (χ3v) is 3.23. The van der Waals surface area contributed by atoms with Crippen molar-refractivity contribution < 1.29 is 4.42 Å². The molecule has 19 heavy (non-hydrogen) atoms. The zero-order chi connectivity index (χ0) is 14.0. The Morgan fingerprint density at radius 1 is 1.32 bits per heavy atom. The first-order valence-corrected chi connectivity index (χ1v) is 7.08. The first-order valence-electron chi connectivity index (χ1n) is 6.28. The minimum Gasteiger partial charge on any atom is -0.461 e. The molecule has 2 heterocycles. The van der Waals surface area contributed by atoms with E-state index in [1.807, 2.05) is 19.1 Å². The molecule has 4 nitrogen and oxygen atoms in total. The van der Waals surface area contributed by atoms with Gasteiger partial charge in [-0.05, 0) is 28.9 Å². The Labute approximate surface area is 121 Å². The Morgan fingerprint density at radius 3 is 2.58 bits per heavy atom. The molecular weight excluding hydrogens is 306 g/mol. The number of hydrogen-bond acceptors (Lipinski definition) is 4. The van der Waals surface area contributed by atoms with Gasteiger partial charge in [-0.2, -0.15) is 0 Å². The molecule has 0 bridgehead atoms. The van der Waals surface area contributed by atoms with E-state index in [4.69, 9.17) is 4.42 Å². The number of nitrogens with zero attached hydrogens (tertiary/aromatic N) is 2. The average Bonchev–Trinajstić information content (AvgIpc) is 2.74. The number of aromatic nitrogens is 2. The first-order chi connectivity index (χ1) is 8.91. The van der Waals surface area contributed by atoms with Crippen molar-refractivity contribution in [1.29, 1.82) is 0 Å². The number of hydrogen-bond donors (Lipinski definition) is 1. The van der Waals surface area contributed by atoms with Gasteiger partial charge in [-0.3, -0.25) is 0 Å². The number of halogens is 1. The molecule has 0 spiro atoms. The normalized spacial score (nSPS) is 11.6. The largest absolute Gasteiger partial charge is 0.461 e. The van der Waals surface area contributed by atoms with Gasteiger partial charge >= 0.3 is 0 Å². The van der Waals surface area contributed by atoms with Crippen molar-refractivity contribution in [3.8, 4) is 11.5 Å². The molecule has 0 amide bonds. The molecule has 5 heteroatoms. The Balaban J connectivity index is 2.55. The lowest BCUT2D eigenvalue weighted by atomic mass is 9.95. The molecule has 0 unspecified atom stereocenters. The highest BCUT2D eigenvalue weighted by atomic mass is 79.9. The monoisotopic (exact) mass is 323 g/mol. The Morgan fingerprint density at radius 2 is 2.05 bits per heavy atom. The molecule has 0 saturated heterocycles. The minimum atomic E-state index is -0.112. The molecule has 2 aromatic heterocycles. The van der Waals surface area contributed by atoms with E-state index in [9.17, 15) is 0 Å². The summed E-state index contributed by atoms with van der Waals surface area (Å²) in [5, 5.41) is 3.23. The molecule has 0 fully saturated rings. The molecule has 0 aliphatic carbocycles. The molecular formula is C14H18BrN3O. The molecule has 102 valence electrons. The fourth-order valence-electron chi connectivity index (χ4n) is 1.65. The van der Waals surface area contributed by atoms with E-state index in [1.165, 1.54) is 0 Å². The van der Waals surface area contributed by atoms with Gasteiger partial charge in [0.25, 0.3) is 0 Å². The number of rotatable bonds is 3. The third-order valence-electron chi connectivity index (χ3n) is 2.60. The van der Waals surface area contributed by atoms with Crippen LogP contribution in [0.1, 0.15) is 33.5 Å². The van der Waals surface area contributed by atoms with E-state index in [2.05, 4.69) is 52.0 Å². The summed E-state index contributed by atoms with van der Waals surface area (Å²) in [5.74, 6) is 2.34. The fraction of sp³-hybridized carbons (Fsp3) is 0.429. The molecule has 2 aromatic rings. The van der Waals surface area contributed by atoms with Crippen LogP contribution in [0.2, 0.25) is 0 Å². The van der Waals surface area contributed by atoms with Crippen molar-refractivity contribution in [2.24, 2.45) is 0 Å². The van der Waals surface area contributed by atoms with E-state index in [0.717, 1.165) is 34.1 Å². The maximum Gasteiger partial charge on any atom is 0.166 e. The summed E-state index contributed by atoms with van der Waals surface area (Å²) in [6.45, 7) is 9.15. The second kappa shape index (κ2) is 5.33. The van der Waals surface area contributed by atoms with E-state index in [0.29, 0.717) is 0 Å². The Kier molecular flexibility index (Phi) is 3.94. The lowest BCUT2D eigenvalue weighted by Crippen LogP contribution is -2.17. The van der Waals surface area contributed by atoms with Gasteiger partial charge in [-0.25, -0.2) is 9.97 Å². The van der Waals surface area contributed by atoms with Gasteiger partial charge in [0.05, 0.1) is 10.7 Å². The summed E-state index contributed by atoms with van der Waals surface area (Å²) in [4.78, 5) is 9.17. The molecule has 0 aromatic carbocycles. The second-order valence-electron chi connectivity index (χ2n) is 5.34. The SMILES string of the molecule is CCNc1cc(-c2occc2Br)nc(C(C)(C)C)n1. The van der Waals surface area contributed by atoms with Gasteiger partial charge in [-0.1, -0.05) is 20.8 Å². The van der Waals surface area contributed by atoms with Crippen LogP contribution in [0.5, 0.6) is 0 Å². The Bertz CT molecular complexity index is 572. The van der Waals surface area contributed by atoms with Crippen LogP contribution >= 0.6 is 15.9 Å². The lowest BCUT2D eigenvalue weighted by molar-refractivity contribution is 0.541. The predicted molar refractivity (Wildman–Crippen MR) is 80.3 cm³/mol. The highest BCUT2D eigenvalue weighted by Gasteiger charge is 2.21. The van der Waals surface area contributed by atoms with Crippen LogP contribution in [-0.4, -0.2) is 16.5 Å². The van der Waals surface area contributed by atoms with Crippen molar-refractivity contribution in [1.82, 2.24) is 9.97 Å². The average molecular weight is 324 g/mol. The van der Waals surface area contributed by atoms with E-state index in [1.54, 1.807) is 6.26 Å². The van der Waals surface area contributed by atoms with Crippen LogP contribution in [0.15, 0.2) is 27.3 Å². The molecule has 2 rings (SSSR count). The van der Waals surface area contributed by atoms with E-state index >= 15 is 0 Å². The lowest BCUT2D eigenvalue weighted by Gasteiger charge is -2.18. The van der Waals surface area contributed by atoms with Crippen LogP contribution in [0.4, 0.5) is 5.82 Å². The number of furan rings is 1. The van der Waals surface area contributed by atoms with Gasteiger partial charge in [0.15, 0.2) is 5.76 Å². The molecule has 1 N–H and O–H groups in total. The van der Waals surface area contributed by atoms with Crippen molar-refractivity contribution in [3.05, 3.63) is 28.7 Å². The van der Waals surface area contributed by atoms with Crippen molar-refractivity contribution in [2.45, 2.75) is 33.1 Å². The standard InChI is InChI=1S/C14H18BrN3O/c1-5-16-11-8-10(12-9(15)6-7-19-12)17-13(18-11)14(2,3)4/h6-8H,5H2,1-4H3,(H,16,17,18). The van der Waals surface area contributed by atoms with Crippen LogP contribution in [0, 0.1) is 0 Å². The maximum atomic E-state index is 5.49. The summed E-state index contributed by atoms with van der Waals surface area (Å²) >= 11 is 3.47. The summed E-state index contributed by atoms with van der Waals surface area (Å²) < 4.78 is 6.38. The van der Waals surface area contributed by atoms with Gasteiger partial charge < -0.3 is 9.73 Å². The summed E-state index contributed by atoms with van der Waals surface area (Å²) in [6, 6.07) is 3.77. The highest BCUT2D eigenvalue weighted by Crippen LogP contribution is 2.31. The van der Waals surface area contributed by atoms with Crippen molar-refractivity contribution in [2.75, 3.05) is 11.9 Å². The number of anilines is 1. The second-order valence-corrected chi connectivity index (χ2v) is 6.19. The van der Waals surface area contributed by atoms with Crippen molar-refractivity contribution in [3.63, 3.8) is 0 Å². The van der Waals surface area contributed by atoms with Crippen molar-refractivity contribution >= 4 is 21.7 Å². The third kappa shape index (κ3) is 3.15. The quantitative estimate of drug-likeness (QED) is 0.918. The zero-order valence-corrected chi connectivity index (χ0v) is 13.2. The molecule has 0 aliphatic rings. The molecule has 0 radical (unpaired) electrons. The first kappa shape index (κ1) is 14.1. The van der Waals surface area contributed by atoms with E-state index in [-0.39, 0.29) is 5.41 Å². The van der Waals surface area contributed by atoms with Gasteiger partial charge in [0.2, 0.25) is 0 Å². The summed E-state index contributed by atoms with van der Waals surface area (Å²) in [6.07, 6.45) is 1.64. The molecule has 0 atom stereocenters. The molecule has 0 saturated carbocycles. The maximum absolute atomic E-state index is 5.49. The topological polar surface area (TPSA) is 51.0 Å².